The molecule has 0 aromatic heterocycles. The Kier molecular flexibility index (Phi) is 5.56. The summed E-state index contributed by atoms with van der Waals surface area (Å²) in [5.74, 6) is 0.691. The van der Waals surface area contributed by atoms with Crippen molar-refractivity contribution in [2.24, 2.45) is 11.3 Å². The van der Waals surface area contributed by atoms with Crippen molar-refractivity contribution < 1.29 is 4.79 Å². The number of ketones is 1. The van der Waals surface area contributed by atoms with Crippen LogP contribution in [-0.4, -0.2) is 5.78 Å². The van der Waals surface area contributed by atoms with Crippen LogP contribution >= 0.6 is 0 Å². The first-order valence-electron chi connectivity index (χ1n) is 9.55. The summed E-state index contributed by atoms with van der Waals surface area (Å²) in [5, 5.41) is 0. The maximum Gasteiger partial charge on any atom is 0.185 e. The van der Waals surface area contributed by atoms with Gasteiger partial charge in [-0.3, -0.25) is 4.79 Å². The normalized spacial score (nSPS) is 21.3. The van der Waals surface area contributed by atoms with Crippen LogP contribution in [0.1, 0.15) is 51.2 Å². The molecule has 1 aliphatic rings. The number of carbonyl (C=O) groups is 1. The lowest BCUT2D eigenvalue weighted by molar-refractivity contribution is -0.113. The van der Waals surface area contributed by atoms with Crippen LogP contribution in [0.3, 0.4) is 0 Å². The molecule has 1 saturated carbocycles. The molecule has 3 rings (SSSR count). The second-order valence-electron chi connectivity index (χ2n) is 7.94. The highest BCUT2D eigenvalue weighted by molar-refractivity contribution is 6.14. The number of allylic oxidation sites excluding steroid dienone is 2. The third-order valence-corrected chi connectivity index (χ3v) is 5.81. The predicted molar refractivity (Wildman–Crippen MR) is 111 cm³/mol. The van der Waals surface area contributed by atoms with Crippen LogP contribution in [0.5, 0.6) is 0 Å². The highest BCUT2D eigenvalue weighted by Crippen LogP contribution is 2.43. The smallest absolute Gasteiger partial charge is 0.185 e. The zero-order valence-corrected chi connectivity index (χ0v) is 16.0. The third-order valence-electron chi connectivity index (χ3n) is 5.81. The summed E-state index contributed by atoms with van der Waals surface area (Å²) in [5.41, 5.74) is 4.30. The van der Waals surface area contributed by atoms with Gasteiger partial charge in [0.05, 0.1) is 0 Å². The van der Waals surface area contributed by atoms with Crippen LogP contribution < -0.4 is 0 Å². The summed E-state index contributed by atoms with van der Waals surface area (Å²) in [7, 11) is 0. The molecule has 1 nitrogen and oxygen atoms in total. The van der Waals surface area contributed by atoms with Crippen LogP contribution in [0.4, 0.5) is 0 Å². The van der Waals surface area contributed by atoms with Crippen LogP contribution in [0.15, 0.2) is 71.8 Å². The molecule has 0 spiro atoms. The van der Waals surface area contributed by atoms with Crippen molar-refractivity contribution in [1.29, 1.82) is 0 Å². The first kappa shape index (κ1) is 18.4. The van der Waals surface area contributed by atoms with Gasteiger partial charge < -0.3 is 0 Å². The lowest BCUT2D eigenvalue weighted by Gasteiger charge is -2.37. The minimum atomic E-state index is 0.209. The zero-order chi connectivity index (χ0) is 18.6. The number of hydrogen-bond acceptors (Lipinski definition) is 1. The van der Waals surface area contributed by atoms with Crippen molar-refractivity contribution >= 4 is 17.9 Å². The molecule has 2 aromatic rings. The van der Waals surface area contributed by atoms with Crippen molar-refractivity contribution in [1.82, 2.24) is 0 Å². The average molecular weight is 344 g/mol. The van der Waals surface area contributed by atoms with E-state index in [9.17, 15) is 4.79 Å². The van der Waals surface area contributed by atoms with Crippen LogP contribution in [0.25, 0.3) is 12.2 Å². The van der Waals surface area contributed by atoms with Gasteiger partial charge in [-0.1, -0.05) is 87.9 Å². The molecular weight excluding hydrogens is 316 g/mol. The molecule has 134 valence electrons. The van der Waals surface area contributed by atoms with Gasteiger partial charge in [0.25, 0.3) is 0 Å². The molecular formula is C25H28O. The predicted octanol–water partition coefficient (Wildman–Crippen LogP) is 6.57. The third kappa shape index (κ3) is 4.22. The first-order valence-corrected chi connectivity index (χ1v) is 9.55. The Morgan fingerprint density at radius 1 is 0.846 bits per heavy atom. The first-order chi connectivity index (χ1) is 12.5. The van der Waals surface area contributed by atoms with E-state index in [1.54, 1.807) is 0 Å². The summed E-state index contributed by atoms with van der Waals surface area (Å²) in [6, 6.07) is 20.4. The quantitative estimate of drug-likeness (QED) is 0.573. The monoisotopic (exact) mass is 344 g/mol. The molecule has 0 heterocycles. The van der Waals surface area contributed by atoms with Gasteiger partial charge in [-0.25, -0.2) is 0 Å². The van der Waals surface area contributed by atoms with Crippen LogP contribution in [0, 0.1) is 11.3 Å². The highest BCUT2D eigenvalue weighted by Gasteiger charge is 2.36. The number of Topliss-reactive ketones (excluding diaryl/α,β-unsaturated/α-hetero) is 1. The number of benzene rings is 2. The topological polar surface area (TPSA) is 17.1 Å². The molecule has 1 fully saturated rings. The van der Waals surface area contributed by atoms with E-state index in [4.69, 9.17) is 0 Å². The Morgan fingerprint density at radius 3 is 1.65 bits per heavy atom. The number of carbonyl (C=O) groups excluding carboxylic acids is 1. The number of hydrogen-bond donors (Lipinski definition) is 0. The molecule has 0 radical (unpaired) electrons. The van der Waals surface area contributed by atoms with E-state index in [0.717, 1.165) is 41.5 Å². The van der Waals surface area contributed by atoms with E-state index in [1.165, 1.54) is 0 Å². The lowest BCUT2D eigenvalue weighted by atomic mass is 9.66. The van der Waals surface area contributed by atoms with E-state index in [2.05, 4.69) is 57.2 Å². The van der Waals surface area contributed by atoms with Gasteiger partial charge in [0.15, 0.2) is 5.78 Å². The second kappa shape index (κ2) is 7.86. The lowest BCUT2D eigenvalue weighted by Crippen LogP contribution is -2.30. The standard InChI is InChI=1S/C25H28O/c1-4-25(2,3)23-17-21(15-19-11-7-5-8-12-19)24(26)22(18-23)16-20-13-9-6-10-14-20/h5-16,23H,4,17-18H2,1-3H3/b21-15+,22-16+. The van der Waals surface area contributed by atoms with Crippen LogP contribution in [0.2, 0.25) is 0 Å². The minimum Gasteiger partial charge on any atom is -0.289 e. The molecule has 0 amide bonds. The summed E-state index contributed by atoms with van der Waals surface area (Å²) in [6.45, 7) is 6.90. The Hall–Kier alpha value is -2.41. The Balaban J connectivity index is 2.00. The molecule has 0 N–H and O–H groups in total. The van der Waals surface area contributed by atoms with E-state index in [-0.39, 0.29) is 11.2 Å². The Labute approximate surface area is 157 Å². The summed E-state index contributed by atoms with van der Waals surface area (Å²) < 4.78 is 0. The van der Waals surface area contributed by atoms with Gasteiger partial charge in [-0.2, -0.15) is 0 Å². The van der Waals surface area contributed by atoms with E-state index in [0.29, 0.717) is 5.92 Å². The van der Waals surface area contributed by atoms with Crippen molar-refractivity contribution in [2.75, 3.05) is 0 Å². The summed E-state index contributed by atoms with van der Waals surface area (Å²) in [4.78, 5) is 13.2. The number of rotatable bonds is 4. The maximum atomic E-state index is 13.2. The fourth-order valence-electron chi connectivity index (χ4n) is 3.59. The molecule has 1 heteroatoms. The van der Waals surface area contributed by atoms with Gasteiger partial charge >= 0.3 is 0 Å². The SMILES string of the molecule is CCC(C)(C)C1C/C(=C\c2ccccc2)C(=O)/C(=C/c2ccccc2)C1. The average Bonchev–Trinajstić information content (AvgIpc) is 2.66. The summed E-state index contributed by atoms with van der Waals surface area (Å²) in [6.07, 6.45) is 7.00. The van der Waals surface area contributed by atoms with Crippen molar-refractivity contribution in [3.8, 4) is 0 Å². The fraction of sp³-hybridized carbons (Fsp3) is 0.320. The summed E-state index contributed by atoms with van der Waals surface area (Å²) >= 11 is 0. The molecule has 1 aliphatic carbocycles. The minimum absolute atomic E-state index is 0.209. The van der Waals surface area contributed by atoms with Gasteiger partial charge in [-0.05, 0) is 47.5 Å². The van der Waals surface area contributed by atoms with Crippen molar-refractivity contribution in [2.45, 2.75) is 40.0 Å². The maximum absolute atomic E-state index is 13.2. The molecule has 0 bridgehead atoms. The molecule has 0 atom stereocenters. The van der Waals surface area contributed by atoms with Crippen LogP contribution in [-0.2, 0) is 4.79 Å². The Bertz CT molecular complexity index is 748. The molecule has 2 aromatic carbocycles. The molecule has 0 unspecified atom stereocenters. The van der Waals surface area contributed by atoms with Gasteiger partial charge in [-0.15, -0.1) is 0 Å². The van der Waals surface area contributed by atoms with E-state index in [1.807, 2.05) is 36.4 Å². The fourth-order valence-corrected chi connectivity index (χ4v) is 3.59. The largest absolute Gasteiger partial charge is 0.289 e. The zero-order valence-electron chi connectivity index (χ0n) is 16.0. The Morgan fingerprint density at radius 2 is 1.27 bits per heavy atom. The van der Waals surface area contributed by atoms with Crippen molar-refractivity contribution in [3.05, 3.63) is 82.9 Å². The highest BCUT2D eigenvalue weighted by atomic mass is 16.1. The second-order valence-corrected chi connectivity index (χ2v) is 7.94. The van der Waals surface area contributed by atoms with Crippen molar-refractivity contribution in [3.63, 3.8) is 0 Å². The van der Waals surface area contributed by atoms with Gasteiger partial charge in [0.1, 0.15) is 0 Å². The van der Waals surface area contributed by atoms with E-state index < -0.39 is 0 Å². The van der Waals surface area contributed by atoms with Gasteiger partial charge in [0, 0.05) is 11.1 Å². The molecule has 26 heavy (non-hydrogen) atoms. The van der Waals surface area contributed by atoms with E-state index >= 15 is 0 Å². The molecule has 0 saturated heterocycles. The van der Waals surface area contributed by atoms with Gasteiger partial charge in [0.2, 0.25) is 0 Å². The molecule has 0 aliphatic heterocycles.